The fraction of sp³-hybridized carbons (Fsp3) is 0.200. The van der Waals surface area contributed by atoms with Crippen LogP contribution in [0.3, 0.4) is 0 Å². The number of hydrogen-bond acceptors (Lipinski definition) is 2. The molecular formula is C15H15ClFNO. The number of halogens is 2. The van der Waals surface area contributed by atoms with Gasteiger partial charge in [0.15, 0.2) is 0 Å². The molecular weight excluding hydrogens is 265 g/mol. The number of rotatable bonds is 4. The zero-order valence-corrected chi connectivity index (χ0v) is 11.3. The van der Waals surface area contributed by atoms with Crippen LogP contribution >= 0.6 is 11.6 Å². The Bertz CT molecular complexity index is 547. The van der Waals surface area contributed by atoms with Crippen LogP contribution in [-0.4, -0.2) is 7.11 Å². The summed E-state index contributed by atoms with van der Waals surface area (Å²) in [5, 5.41) is 0.437. The molecule has 0 saturated carbocycles. The molecule has 0 aliphatic carbocycles. The maximum Gasteiger partial charge on any atom is 0.123 e. The second-order valence-corrected chi connectivity index (χ2v) is 4.67. The molecule has 4 heteroatoms. The van der Waals surface area contributed by atoms with E-state index in [9.17, 15) is 4.39 Å². The molecule has 2 atom stereocenters. The van der Waals surface area contributed by atoms with Crippen LogP contribution in [0.4, 0.5) is 4.39 Å². The topological polar surface area (TPSA) is 35.2 Å². The van der Waals surface area contributed by atoms with E-state index in [1.165, 1.54) is 18.2 Å². The molecule has 0 saturated heterocycles. The van der Waals surface area contributed by atoms with Gasteiger partial charge in [0.05, 0.1) is 6.04 Å². The third-order valence-corrected chi connectivity index (χ3v) is 3.37. The van der Waals surface area contributed by atoms with Crippen molar-refractivity contribution in [2.45, 2.75) is 12.1 Å². The summed E-state index contributed by atoms with van der Waals surface area (Å²) in [6.45, 7) is 0. The monoisotopic (exact) mass is 279 g/mol. The van der Waals surface area contributed by atoms with E-state index < -0.39 is 6.04 Å². The Morgan fingerprint density at radius 3 is 2.47 bits per heavy atom. The predicted molar refractivity (Wildman–Crippen MR) is 74.5 cm³/mol. The van der Waals surface area contributed by atoms with Crippen molar-refractivity contribution >= 4 is 11.6 Å². The van der Waals surface area contributed by atoms with Crippen LogP contribution in [0.15, 0.2) is 48.5 Å². The average Bonchev–Trinajstić information content (AvgIpc) is 2.43. The number of hydrogen-bond donors (Lipinski definition) is 1. The molecule has 2 rings (SSSR count). The Balaban J connectivity index is 2.36. The van der Waals surface area contributed by atoms with E-state index in [0.717, 1.165) is 5.56 Å². The van der Waals surface area contributed by atoms with Crippen LogP contribution in [-0.2, 0) is 4.74 Å². The van der Waals surface area contributed by atoms with E-state index in [4.69, 9.17) is 22.1 Å². The van der Waals surface area contributed by atoms with Gasteiger partial charge in [-0.25, -0.2) is 4.39 Å². The minimum absolute atomic E-state index is 0.363. The Morgan fingerprint density at radius 2 is 1.84 bits per heavy atom. The van der Waals surface area contributed by atoms with E-state index in [2.05, 4.69) is 0 Å². The molecule has 2 nitrogen and oxygen atoms in total. The summed E-state index contributed by atoms with van der Waals surface area (Å²) < 4.78 is 18.8. The Hall–Kier alpha value is -1.42. The lowest BCUT2D eigenvalue weighted by Gasteiger charge is -2.24. The third-order valence-electron chi connectivity index (χ3n) is 3.03. The molecule has 0 radical (unpaired) electrons. The maximum absolute atomic E-state index is 13.3. The number of ether oxygens (including phenoxy) is 1. The van der Waals surface area contributed by atoms with Crippen LogP contribution in [0.25, 0.3) is 0 Å². The molecule has 2 aromatic carbocycles. The average molecular weight is 280 g/mol. The summed E-state index contributed by atoms with van der Waals surface area (Å²) in [7, 11) is 1.57. The Morgan fingerprint density at radius 1 is 1.16 bits per heavy atom. The summed E-state index contributed by atoms with van der Waals surface area (Å²) in [4.78, 5) is 0. The van der Waals surface area contributed by atoms with Gasteiger partial charge in [-0.3, -0.25) is 0 Å². The van der Waals surface area contributed by atoms with Crippen molar-refractivity contribution < 1.29 is 9.13 Å². The van der Waals surface area contributed by atoms with E-state index in [-0.39, 0.29) is 11.9 Å². The second-order valence-electron chi connectivity index (χ2n) is 4.26. The van der Waals surface area contributed by atoms with Crippen LogP contribution in [0.2, 0.25) is 5.02 Å². The standard InChI is InChI=1S/C15H15ClFNO/c1-19-15(10-5-3-2-4-6-10)14(18)12-9-11(17)7-8-13(12)16/h2-9,14-15H,18H2,1H3. The van der Waals surface area contributed by atoms with Gasteiger partial charge in [0.25, 0.3) is 0 Å². The maximum atomic E-state index is 13.3. The second kappa shape index (κ2) is 6.15. The molecule has 19 heavy (non-hydrogen) atoms. The van der Waals surface area contributed by atoms with Crippen molar-refractivity contribution in [2.24, 2.45) is 5.73 Å². The first-order valence-electron chi connectivity index (χ1n) is 5.91. The molecule has 0 spiro atoms. The predicted octanol–water partition coefficient (Wildman–Crippen LogP) is 3.87. The van der Waals surface area contributed by atoms with Gasteiger partial charge < -0.3 is 10.5 Å². The Kier molecular flexibility index (Phi) is 4.53. The van der Waals surface area contributed by atoms with Crippen molar-refractivity contribution in [3.05, 3.63) is 70.5 Å². The summed E-state index contributed by atoms with van der Waals surface area (Å²) in [5.41, 5.74) is 7.64. The number of nitrogens with two attached hydrogens (primary N) is 1. The van der Waals surface area contributed by atoms with Crippen LogP contribution in [0.5, 0.6) is 0 Å². The van der Waals surface area contributed by atoms with Crippen molar-refractivity contribution in [1.29, 1.82) is 0 Å². The van der Waals surface area contributed by atoms with Crippen molar-refractivity contribution in [1.82, 2.24) is 0 Å². The minimum atomic E-state index is -0.532. The summed E-state index contributed by atoms with van der Waals surface area (Å²) in [6, 6.07) is 13.2. The molecule has 0 fully saturated rings. The van der Waals surface area contributed by atoms with Gasteiger partial charge in [-0.05, 0) is 29.3 Å². The van der Waals surface area contributed by atoms with Gasteiger partial charge in [-0.15, -0.1) is 0 Å². The van der Waals surface area contributed by atoms with Crippen molar-refractivity contribution in [3.63, 3.8) is 0 Å². The van der Waals surface area contributed by atoms with E-state index in [1.54, 1.807) is 7.11 Å². The van der Waals surface area contributed by atoms with Gasteiger partial charge in [0.2, 0.25) is 0 Å². The normalized spacial score (nSPS) is 14.1. The summed E-state index contributed by atoms with van der Waals surface area (Å²) >= 11 is 6.08. The molecule has 100 valence electrons. The highest BCUT2D eigenvalue weighted by atomic mass is 35.5. The highest BCUT2D eigenvalue weighted by Gasteiger charge is 2.23. The van der Waals surface area contributed by atoms with Crippen LogP contribution in [0.1, 0.15) is 23.3 Å². The zero-order chi connectivity index (χ0) is 13.8. The molecule has 0 aromatic heterocycles. The zero-order valence-electron chi connectivity index (χ0n) is 10.5. The molecule has 0 bridgehead atoms. The van der Waals surface area contributed by atoms with Gasteiger partial charge in [0, 0.05) is 12.1 Å². The largest absolute Gasteiger partial charge is 0.375 e. The molecule has 0 heterocycles. The van der Waals surface area contributed by atoms with Crippen molar-refractivity contribution in [2.75, 3.05) is 7.11 Å². The lowest BCUT2D eigenvalue weighted by molar-refractivity contribution is 0.0801. The van der Waals surface area contributed by atoms with E-state index >= 15 is 0 Å². The number of benzene rings is 2. The summed E-state index contributed by atoms with van der Waals surface area (Å²) in [5.74, 6) is -0.363. The minimum Gasteiger partial charge on any atom is -0.375 e. The lowest BCUT2D eigenvalue weighted by Crippen LogP contribution is -2.21. The van der Waals surface area contributed by atoms with Gasteiger partial charge in [-0.1, -0.05) is 41.9 Å². The van der Waals surface area contributed by atoms with Gasteiger partial charge in [0.1, 0.15) is 11.9 Å². The summed E-state index contributed by atoms with van der Waals surface area (Å²) in [6.07, 6.45) is -0.375. The first-order chi connectivity index (χ1) is 9.13. The molecule has 2 aromatic rings. The van der Waals surface area contributed by atoms with Crippen LogP contribution < -0.4 is 5.73 Å². The van der Waals surface area contributed by atoms with Crippen molar-refractivity contribution in [3.8, 4) is 0 Å². The highest BCUT2D eigenvalue weighted by Crippen LogP contribution is 2.33. The smallest absolute Gasteiger partial charge is 0.123 e. The SMILES string of the molecule is COC(c1ccccc1)C(N)c1cc(F)ccc1Cl. The highest BCUT2D eigenvalue weighted by molar-refractivity contribution is 6.31. The fourth-order valence-corrected chi connectivity index (χ4v) is 2.31. The van der Waals surface area contributed by atoms with E-state index in [0.29, 0.717) is 10.6 Å². The molecule has 0 amide bonds. The fourth-order valence-electron chi connectivity index (χ4n) is 2.07. The molecule has 0 aliphatic heterocycles. The number of methoxy groups -OCH3 is 1. The molecule has 0 aliphatic rings. The third kappa shape index (κ3) is 3.13. The molecule has 2 unspecified atom stereocenters. The quantitative estimate of drug-likeness (QED) is 0.922. The molecule has 2 N–H and O–H groups in total. The van der Waals surface area contributed by atoms with E-state index in [1.807, 2.05) is 30.3 Å². The van der Waals surface area contributed by atoms with Gasteiger partial charge >= 0.3 is 0 Å². The van der Waals surface area contributed by atoms with Crippen LogP contribution in [0, 0.1) is 5.82 Å². The lowest BCUT2D eigenvalue weighted by atomic mass is 9.96. The first kappa shape index (κ1) is 14.0. The Labute approximate surface area is 117 Å². The van der Waals surface area contributed by atoms with Gasteiger partial charge in [-0.2, -0.15) is 0 Å². The first-order valence-corrected chi connectivity index (χ1v) is 6.29.